The van der Waals surface area contributed by atoms with Gasteiger partial charge in [-0.15, -0.1) is 11.8 Å². The third-order valence-electron chi connectivity index (χ3n) is 3.66. The van der Waals surface area contributed by atoms with Crippen LogP contribution in [0, 0.1) is 25.5 Å². The van der Waals surface area contributed by atoms with E-state index >= 15 is 0 Å². The molecule has 8 heteroatoms. The molecule has 1 atom stereocenters. The van der Waals surface area contributed by atoms with Crippen molar-refractivity contribution in [1.29, 1.82) is 0 Å². The van der Waals surface area contributed by atoms with Crippen molar-refractivity contribution in [1.82, 2.24) is 0 Å². The molecule has 0 fully saturated rings. The van der Waals surface area contributed by atoms with Crippen LogP contribution >= 0.6 is 11.8 Å². The van der Waals surface area contributed by atoms with Gasteiger partial charge in [0.25, 0.3) is 0 Å². The molecule has 1 nitrogen and oxygen atoms in total. The van der Waals surface area contributed by atoms with Crippen molar-refractivity contribution in [3.63, 3.8) is 0 Å². The lowest BCUT2D eigenvalue weighted by atomic mass is 10.0. The maximum absolute atomic E-state index is 14.4. The van der Waals surface area contributed by atoms with Crippen molar-refractivity contribution < 1.29 is 26.2 Å². The van der Waals surface area contributed by atoms with E-state index in [2.05, 4.69) is 0 Å². The zero-order valence-electron chi connectivity index (χ0n) is 14.3. The van der Waals surface area contributed by atoms with Crippen LogP contribution in [0.1, 0.15) is 18.1 Å². The van der Waals surface area contributed by atoms with Crippen LogP contribution in [0.4, 0.5) is 22.0 Å². The normalized spacial score (nSPS) is 13.1. The van der Waals surface area contributed by atoms with E-state index in [4.69, 9.17) is 0 Å². The molecule has 0 bridgehead atoms. The van der Waals surface area contributed by atoms with E-state index in [9.17, 15) is 26.2 Å². The molecular weight excluding hydrogens is 391 g/mol. The summed E-state index contributed by atoms with van der Waals surface area (Å²) < 4.78 is 78.5. The molecular formula is C18H17F5OS2. The Bertz CT molecular complexity index is 846. The Kier molecular flexibility index (Phi) is 6.50. The van der Waals surface area contributed by atoms with E-state index in [0.29, 0.717) is 5.56 Å². The molecule has 0 radical (unpaired) electrons. The van der Waals surface area contributed by atoms with Gasteiger partial charge >= 0.3 is 6.18 Å². The number of alkyl halides is 3. The Morgan fingerprint density at radius 3 is 2.04 bits per heavy atom. The van der Waals surface area contributed by atoms with Crippen molar-refractivity contribution >= 4 is 22.6 Å². The lowest BCUT2D eigenvalue weighted by Gasteiger charge is -2.14. The molecule has 0 amide bonds. The van der Waals surface area contributed by atoms with Crippen LogP contribution in [0.15, 0.2) is 34.1 Å². The average molecular weight is 408 g/mol. The molecule has 2 aromatic rings. The van der Waals surface area contributed by atoms with Gasteiger partial charge in [0.05, 0.1) is 10.8 Å². The maximum atomic E-state index is 14.4. The lowest BCUT2D eigenvalue weighted by molar-refractivity contribution is -0.105. The van der Waals surface area contributed by atoms with Gasteiger partial charge in [-0.2, -0.15) is 13.2 Å². The summed E-state index contributed by atoms with van der Waals surface area (Å²) in [4.78, 5) is 0.602. The van der Waals surface area contributed by atoms with Gasteiger partial charge in [0.2, 0.25) is 0 Å². The molecule has 2 aromatic carbocycles. The number of halogens is 5. The fourth-order valence-electron chi connectivity index (χ4n) is 2.50. The van der Waals surface area contributed by atoms with Crippen LogP contribution in [0.5, 0.6) is 0 Å². The van der Waals surface area contributed by atoms with Crippen molar-refractivity contribution in [3.8, 4) is 11.1 Å². The Morgan fingerprint density at radius 1 is 0.962 bits per heavy atom. The van der Waals surface area contributed by atoms with E-state index in [-0.39, 0.29) is 21.6 Å². The standard InChI is InChI=1S/C18H17F5OS2/c1-4-25-16-7-12(14(19)5-10(16)2)13-8-17(11(3)6-15(13)20)26(24)9-18(21,22)23/h5-8H,4,9H2,1-3H3. The number of benzene rings is 2. The molecule has 26 heavy (non-hydrogen) atoms. The number of rotatable bonds is 5. The Hall–Kier alpha value is -1.41. The largest absolute Gasteiger partial charge is 0.400 e. The van der Waals surface area contributed by atoms with Crippen molar-refractivity contribution in [3.05, 3.63) is 47.0 Å². The Balaban J connectivity index is 2.59. The summed E-state index contributed by atoms with van der Waals surface area (Å²) in [5.41, 5.74) is 0.557. The smallest absolute Gasteiger partial charge is 0.254 e. The molecule has 1 unspecified atom stereocenters. The van der Waals surface area contributed by atoms with Gasteiger partial charge in [-0.05, 0) is 55.0 Å². The van der Waals surface area contributed by atoms with E-state index in [0.717, 1.165) is 22.8 Å². The second-order valence-electron chi connectivity index (χ2n) is 5.73. The van der Waals surface area contributed by atoms with Crippen molar-refractivity contribution in [2.45, 2.75) is 36.7 Å². The quantitative estimate of drug-likeness (QED) is 0.444. The van der Waals surface area contributed by atoms with E-state index in [1.54, 1.807) is 6.92 Å². The molecule has 0 aliphatic carbocycles. The monoisotopic (exact) mass is 408 g/mol. The highest BCUT2D eigenvalue weighted by Crippen LogP contribution is 2.35. The summed E-state index contributed by atoms with van der Waals surface area (Å²) >= 11 is 1.45. The molecule has 0 aliphatic rings. The van der Waals surface area contributed by atoms with Gasteiger partial charge in [0.15, 0.2) is 0 Å². The summed E-state index contributed by atoms with van der Waals surface area (Å²) in [6.45, 7) is 5.01. The minimum Gasteiger partial charge on any atom is -0.254 e. The number of hydrogen-bond donors (Lipinski definition) is 0. The molecule has 2 rings (SSSR count). The molecule has 0 aromatic heterocycles. The third kappa shape index (κ3) is 4.85. The van der Waals surface area contributed by atoms with Crippen LogP contribution in [0.25, 0.3) is 11.1 Å². The molecule has 0 spiro atoms. The van der Waals surface area contributed by atoms with Crippen LogP contribution in [0.3, 0.4) is 0 Å². The fraction of sp³-hybridized carbons (Fsp3) is 0.333. The summed E-state index contributed by atoms with van der Waals surface area (Å²) in [5.74, 6) is -2.27. The van der Waals surface area contributed by atoms with Gasteiger partial charge < -0.3 is 0 Å². The van der Waals surface area contributed by atoms with Gasteiger partial charge in [0.1, 0.15) is 17.4 Å². The van der Waals surface area contributed by atoms with Crippen LogP contribution in [-0.4, -0.2) is 21.9 Å². The molecule has 0 aliphatic heterocycles. The molecule has 0 heterocycles. The predicted molar refractivity (Wildman–Crippen MR) is 95.0 cm³/mol. The summed E-state index contributed by atoms with van der Waals surface area (Å²) in [5, 5.41) is 0. The van der Waals surface area contributed by atoms with Crippen LogP contribution in [-0.2, 0) is 10.8 Å². The van der Waals surface area contributed by atoms with Crippen LogP contribution < -0.4 is 0 Å². The van der Waals surface area contributed by atoms with E-state index < -0.39 is 34.4 Å². The first-order valence-electron chi connectivity index (χ1n) is 7.72. The number of aryl methyl sites for hydroxylation is 2. The van der Waals surface area contributed by atoms with Crippen molar-refractivity contribution in [2.75, 3.05) is 11.5 Å². The minimum atomic E-state index is -4.62. The fourth-order valence-corrected chi connectivity index (χ4v) is 4.42. The van der Waals surface area contributed by atoms with Crippen molar-refractivity contribution in [2.24, 2.45) is 0 Å². The van der Waals surface area contributed by atoms with Gasteiger partial charge in [0, 0.05) is 20.9 Å². The zero-order valence-corrected chi connectivity index (χ0v) is 16.0. The van der Waals surface area contributed by atoms with Crippen LogP contribution in [0.2, 0.25) is 0 Å². The second kappa shape index (κ2) is 8.08. The molecule has 0 N–H and O–H groups in total. The Labute approximate surface area is 155 Å². The molecule has 142 valence electrons. The van der Waals surface area contributed by atoms with E-state index in [1.165, 1.54) is 30.8 Å². The van der Waals surface area contributed by atoms with Gasteiger partial charge in [-0.3, -0.25) is 4.21 Å². The summed E-state index contributed by atoms with van der Waals surface area (Å²) in [7, 11) is -2.40. The van der Waals surface area contributed by atoms with Gasteiger partial charge in [-0.1, -0.05) is 6.92 Å². The minimum absolute atomic E-state index is 0.0608. The molecule has 0 saturated carbocycles. The average Bonchev–Trinajstić information content (AvgIpc) is 2.49. The highest BCUT2D eigenvalue weighted by Gasteiger charge is 2.32. The highest BCUT2D eigenvalue weighted by atomic mass is 32.2. The lowest BCUT2D eigenvalue weighted by Crippen LogP contribution is -2.19. The molecule has 0 saturated heterocycles. The summed E-state index contributed by atoms with van der Waals surface area (Å²) in [6.07, 6.45) is -4.62. The van der Waals surface area contributed by atoms with E-state index in [1.807, 2.05) is 6.92 Å². The maximum Gasteiger partial charge on any atom is 0.400 e. The zero-order chi connectivity index (χ0) is 19.6. The predicted octanol–water partition coefficient (Wildman–Crippen LogP) is 6.03. The second-order valence-corrected chi connectivity index (χ2v) is 8.46. The SMILES string of the molecule is CCSc1cc(-c2cc(S(=O)CC(F)(F)F)c(C)cc2F)c(F)cc1C. The topological polar surface area (TPSA) is 17.1 Å². The van der Waals surface area contributed by atoms with Gasteiger partial charge in [-0.25, -0.2) is 8.78 Å². The number of thioether (sulfide) groups is 1. The first-order chi connectivity index (χ1) is 12.0. The number of hydrogen-bond acceptors (Lipinski definition) is 2. The first-order valence-corrected chi connectivity index (χ1v) is 10.0. The third-order valence-corrected chi connectivity index (χ3v) is 6.22. The summed E-state index contributed by atoms with van der Waals surface area (Å²) in [6, 6.07) is 4.79. The first kappa shape index (κ1) is 20.9. The Morgan fingerprint density at radius 2 is 1.50 bits per heavy atom. The highest BCUT2D eigenvalue weighted by molar-refractivity contribution is 7.99.